The number of hydrogen-bond acceptors (Lipinski definition) is 8. The molecular weight excluding hydrogens is 590 g/mol. The Morgan fingerprint density at radius 2 is 1.11 bits per heavy atom. The predicted octanol–water partition coefficient (Wildman–Crippen LogP) is 4.51. The summed E-state index contributed by atoms with van der Waals surface area (Å²) in [5.41, 5.74) is 2.40. The van der Waals surface area contributed by atoms with Gasteiger partial charge in [-0.05, 0) is 47.1 Å². The van der Waals surface area contributed by atoms with Gasteiger partial charge in [0.05, 0.1) is 12.6 Å². The van der Waals surface area contributed by atoms with E-state index in [4.69, 9.17) is 14.2 Å². The van der Waals surface area contributed by atoms with Crippen LogP contribution in [0.25, 0.3) is 0 Å². The minimum atomic E-state index is -0.935. The zero-order chi connectivity index (χ0) is 33.5. The summed E-state index contributed by atoms with van der Waals surface area (Å²) < 4.78 is 16.0. The first kappa shape index (κ1) is 35.6. The molecule has 0 saturated carbocycles. The molecule has 3 amide bonds. The van der Waals surface area contributed by atoms with Crippen LogP contribution in [0.15, 0.2) is 84.9 Å². The Morgan fingerprint density at radius 1 is 0.630 bits per heavy atom. The van der Waals surface area contributed by atoms with E-state index in [1.807, 2.05) is 60.7 Å². The molecule has 0 fully saturated rings. The van der Waals surface area contributed by atoms with E-state index in [1.165, 1.54) is 0 Å². The topological polar surface area (TPSA) is 152 Å². The summed E-state index contributed by atoms with van der Waals surface area (Å²) in [7, 11) is 0. The summed E-state index contributed by atoms with van der Waals surface area (Å²) in [6.45, 7) is 6.95. The lowest BCUT2D eigenvalue weighted by Gasteiger charge is -2.24. The van der Waals surface area contributed by atoms with Gasteiger partial charge >= 0.3 is 18.2 Å². The SMILES string of the molecule is CC(C)C(NC(=O)OCc1ccccc1)C(=O)NC(CO)Cc1ccc(OC(=O)[C@@H](NC(=O)OCc2ccccc2)C(C)C)cc1. The second kappa shape index (κ2) is 18.2. The zero-order valence-corrected chi connectivity index (χ0v) is 26.6. The first-order chi connectivity index (χ1) is 22.0. The number of nitrogens with one attached hydrogen (secondary N) is 3. The molecule has 3 rings (SSSR count). The smallest absolute Gasteiger partial charge is 0.408 e. The first-order valence-corrected chi connectivity index (χ1v) is 15.2. The number of aliphatic hydroxyl groups excluding tert-OH is 1. The van der Waals surface area contributed by atoms with Crippen LogP contribution in [0.3, 0.4) is 0 Å². The van der Waals surface area contributed by atoms with Gasteiger partial charge in [-0.25, -0.2) is 14.4 Å². The third kappa shape index (κ3) is 11.9. The molecule has 246 valence electrons. The molecule has 11 nitrogen and oxygen atoms in total. The van der Waals surface area contributed by atoms with Crippen LogP contribution in [0.4, 0.5) is 9.59 Å². The Kier molecular flexibility index (Phi) is 14.0. The number of carbonyl (C=O) groups excluding carboxylic acids is 4. The van der Waals surface area contributed by atoms with Crippen LogP contribution in [0.1, 0.15) is 44.4 Å². The lowest BCUT2D eigenvalue weighted by Crippen LogP contribution is -2.53. The second-order valence-electron chi connectivity index (χ2n) is 11.5. The molecule has 3 aromatic carbocycles. The van der Waals surface area contributed by atoms with Crippen molar-refractivity contribution in [1.29, 1.82) is 0 Å². The molecule has 0 heterocycles. The third-order valence-electron chi connectivity index (χ3n) is 7.03. The molecule has 46 heavy (non-hydrogen) atoms. The summed E-state index contributed by atoms with van der Waals surface area (Å²) >= 11 is 0. The molecular formula is C35H43N3O8. The molecule has 0 aromatic heterocycles. The summed E-state index contributed by atoms with van der Waals surface area (Å²) in [4.78, 5) is 50.7. The fourth-order valence-electron chi connectivity index (χ4n) is 4.43. The molecule has 0 radical (unpaired) electrons. The zero-order valence-electron chi connectivity index (χ0n) is 26.6. The standard InChI is InChI=1S/C35H43N3O8/c1-23(2)30(37-34(42)44-21-26-11-7-5-8-12-26)32(40)36-28(20-39)19-25-15-17-29(18-16-25)46-33(41)31(24(3)4)38-35(43)45-22-27-13-9-6-10-14-27/h5-18,23-24,28,30-31,39H,19-22H2,1-4H3,(H,36,40)(H,37,42)(H,38,43)/t28?,30?,31-/m0/s1. The van der Waals surface area contributed by atoms with Gasteiger partial charge in [0.15, 0.2) is 0 Å². The van der Waals surface area contributed by atoms with Crippen molar-refractivity contribution in [2.24, 2.45) is 11.8 Å². The van der Waals surface area contributed by atoms with Crippen molar-refractivity contribution in [3.63, 3.8) is 0 Å². The largest absolute Gasteiger partial charge is 0.445 e. The summed E-state index contributed by atoms with van der Waals surface area (Å²) in [6.07, 6.45) is -1.17. The maximum Gasteiger partial charge on any atom is 0.408 e. The van der Waals surface area contributed by atoms with Crippen molar-refractivity contribution in [2.75, 3.05) is 6.61 Å². The van der Waals surface area contributed by atoms with E-state index in [-0.39, 0.29) is 43.8 Å². The van der Waals surface area contributed by atoms with Gasteiger partial charge in [0.1, 0.15) is 31.0 Å². The maximum absolute atomic E-state index is 13.0. The van der Waals surface area contributed by atoms with Crippen LogP contribution in [-0.2, 0) is 38.7 Å². The van der Waals surface area contributed by atoms with Gasteiger partial charge in [-0.1, -0.05) is 100 Å². The number of amides is 3. The monoisotopic (exact) mass is 633 g/mol. The van der Waals surface area contributed by atoms with Gasteiger partial charge in [0, 0.05) is 0 Å². The molecule has 0 aliphatic rings. The number of rotatable bonds is 15. The maximum atomic E-state index is 13.0. The van der Waals surface area contributed by atoms with Crippen molar-refractivity contribution in [2.45, 2.75) is 65.5 Å². The Bertz CT molecular complexity index is 1400. The molecule has 3 atom stereocenters. The number of hydrogen-bond donors (Lipinski definition) is 4. The minimum Gasteiger partial charge on any atom is -0.445 e. The highest BCUT2D eigenvalue weighted by Gasteiger charge is 2.28. The van der Waals surface area contributed by atoms with Gasteiger partial charge < -0.3 is 35.3 Å². The van der Waals surface area contributed by atoms with E-state index in [0.29, 0.717) is 0 Å². The molecule has 0 bridgehead atoms. The van der Waals surface area contributed by atoms with Crippen LogP contribution < -0.4 is 20.7 Å². The van der Waals surface area contributed by atoms with Gasteiger partial charge in [0.25, 0.3) is 0 Å². The highest BCUT2D eigenvalue weighted by atomic mass is 16.6. The number of ether oxygens (including phenoxy) is 3. The summed E-state index contributed by atoms with van der Waals surface area (Å²) in [6, 6.07) is 22.5. The number of alkyl carbamates (subject to hydrolysis) is 2. The van der Waals surface area contributed by atoms with Crippen molar-refractivity contribution in [3.8, 4) is 5.75 Å². The fraction of sp³-hybridized carbons (Fsp3) is 0.371. The number of aliphatic hydroxyl groups is 1. The van der Waals surface area contributed by atoms with Crippen LogP contribution in [-0.4, -0.2) is 53.9 Å². The molecule has 4 N–H and O–H groups in total. The molecule has 11 heteroatoms. The Labute approximate surface area is 269 Å². The molecule has 0 aliphatic carbocycles. The molecule has 2 unspecified atom stereocenters. The van der Waals surface area contributed by atoms with Gasteiger partial charge in [0.2, 0.25) is 5.91 Å². The molecule has 3 aromatic rings. The quantitative estimate of drug-likeness (QED) is 0.141. The number of benzene rings is 3. The average Bonchev–Trinajstić information content (AvgIpc) is 3.05. The molecule has 0 spiro atoms. The lowest BCUT2D eigenvalue weighted by molar-refractivity contribution is -0.137. The Morgan fingerprint density at radius 3 is 1.57 bits per heavy atom. The van der Waals surface area contributed by atoms with E-state index < -0.39 is 42.2 Å². The van der Waals surface area contributed by atoms with E-state index in [1.54, 1.807) is 52.0 Å². The minimum absolute atomic E-state index is 0.0687. The van der Waals surface area contributed by atoms with Gasteiger partial charge in [-0.2, -0.15) is 0 Å². The first-order valence-electron chi connectivity index (χ1n) is 15.2. The van der Waals surface area contributed by atoms with Gasteiger partial charge in [-0.3, -0.25) is 4.79 Å². The van der Waals surface area contributed by atoms with E-state index >= 15 is 0 Å². The second-order valence-corrected chi connectivity index (χ2v) is 11.5. The third-order valence-corrected chi connectivity index (χ3v) is 7.03. The number of carbonyl (C=O) groups is 4. The van der Waals surface area contributed by atoms with Crippen LogP contribution in [0.2, 0.25) is 0 Å². The summed E-state index contributed by atoms with van der Waals surface area (Å²) in [5, 5.41) is 17.9. The van der Waals surface area contributed by atoms with Crippen molar-refractivity contribution < 1.29 is 38.5 Å². The van der Waals surface area contributed by atoms with E-state index in [2.05, 4.69) is 16.0 Å². The Balaban J connectivity index is 1.50. The summed E-state index contributed by atoms with van der Waals surface area (Å²) in [5.74, 6) is -1.34. The van der Waals surface area contributed by atoms with Crippen molar-refractivity contribution in [3.05, 3.63) is 102 Å². The average molecular weight is 634 g/mol. The van der Waals surface area contributed by atoms with Crippen LogP contribution in [0, 0.1) is 11.8 Å². The molecule has 0 aliphatic heterocycles. The highest BCUT2D eigenvalue weighted by Crippen LogP contribution is 2.16. The van der Waals surface area contributed by atoms with Crippen LogP contribution >= 0.6 is 0 Å². The normalized spacial score (nSPS) is 12.8. The highest BCUT2D eigenvalue weighted by molar-refractivity contribution is 5.86. The number of esters is 1. The van der Waals surface area contributed by atoms with Crippen molar-refractivity contribution >= 4 is 24.1 Å². The van der Waals surface area contributed by atoms with Gasteiger partial charge in [-0.15, -0.1) is 0 Å². The van der Waals surface area contributed by atoms with E-state index in [0.717, 1.165) is 16.7 Å². The van der Waals surface area contributed by atoms with Crippen molar-refractivity contribution in [1.82, 2.24) is 16.0 Å². The molecule has 0 saturated heterocycles. The fourth-order valence-corrected chi connectivity index (χ4v) is 4.43. The predicted molar refractivity (Wildman–Crippen MR) is 172 cm³/mol. The van der Waals surface area contributed by atoms with Crippen LogP contribution in [0.5, 0.6) is 5.75 Å². The lowest BCUT2D eigenvalue weighted by atomic mass is 10.0. The van der Waals surface area contributed by atoms with E-state index in [9.17, 15) is 24.3 Å². The Hall–Kier alpha value is -4.90.